The minimum atomic E-state index is 0.322. The average Bonchev–Trinajstić information content (AvgIpc) is 1.79. The molecule has 0 heterocycles. The summed E-state index contributed by atoms with van der Waals surface area (Å²) < 4.78 is 0. The lowest BCUT2D eigenvalue weighted by molar-refractivity contribution is 0.192. The highest BCUT2D eigenvalue weighted by molar-refractivity contribution is 4.64. The van der Waals surface area contributed by atoms with Crippen LogP contribution in [0.4, 0.5) is 0 Å². The van der Waals surface area contributed by atoms with Crippen LogP contribution in [0, 0.1) is 5.41 Å². The highest BCUT2D eigenvalue weighted by Gasteiger charge is 2.12. The molecular formula is C9H22N2. The third-order valence-electron chi connectivity index (χ3n) is 1.48. The second kappa shape index (κ2) is 4.73. The van der Waals surface area contributed by atoms with Gasteiger partial charge in [0.15, 0.2) is 0 Å². The zero-order valence-corrected chi connectivity index (χ0v) is 8.35. The Hall–Kier alpha value is -0.0800. The van der Waals surface area contributed by atoms with Crippen molar-refractivity contribution >= 4 is 0 Å². The molecule has 0 aliphatic carbocycles. The van der Waals surface area contributed by atoms with E-state index < -0.39 is 0 Å². The van der Waals surface area contributed by atoms with Crippen LogP contribution in [-0.2, 0) is 0 Å². The molecule has 0 radical (unpaired) electrons. The number of nitrogens with zero attached hydrogens (tertiary/aromatic N) is 1. The number of hydrazine groups is 1. The van der Waals surface area contributed by atoms with Crippen LogP contribution in [-0.4, -0.2) is 18.1 Å². The van der Waals surface area contributed by atoms with Gasteiger partial charge < -0.3 is 0 Å². The minimum absolute atomic E-state index is 0.322. The van der Waals surface area contributed by atoms with E-state index in [-0.39, 0.29) is 0 Å². The van der Waals surface area contributed by atoms with Gasteiger partial charge in [-0.15, -0.1) is 0 Å². The lowest BCUT2D eigenvalue weighted by Crippen LogP contribution is -2.38. The van der Waals surface area contributed by atoms with Gasteiger partial charge in [-0.2, -0.15) is 0 Å². The first-order chi connectivity index (χ1) is 4.95. The van der Waals surface area contributed by atoms with Gasteiger partial charge in [-0.25, -0.2) is 5.01 Å². The number of rotatable bonds is 4. The van der Waals surface area contributed by atoms with Crippen LogP contribution in [0.1, 0.15) is 40.5 Å². The van der Waals surface area contributed by atoms with Crippen LogP contribution >= 0.6 is 0 Å². The third-order valence-corrected chi connectivity index (χ3v) is 1.48. The van der Waals surface area contributed by atoms with Crippen molar-refractivity contribution in [1.29, 1.82) is 0 Å². The van der Waals surface area contributed by atoms with Gasteiger partial charge in [0.05, 0.1) is 0 Å². The van der Waals surface area contributed by atoms with Gasteiger partial charge in [-0.05, 0) is 11.8 Å². The summed E-state index contributed by atoms with van der Waals surface area (Å²) in [5, 5.41) is 1.92. The van der Waals surface area contributed by atoms with E-state index in [1.54, 1.807) is 0 Å². The molecule has 0 aliphatic heterocycles. The highest BCUT2D eigenvalue weighted by Crippen LogP contribution is 2.13. The monoisotopic (exact) mass is 158 g/mol. The van der Waals surface area contributed by atoms with Crippen LogP contribution in [0.5, 0.6) is 0 Å². The summed E-state index contributed by atoms with van der Waals surface area (Å²) in [6.07, 6.45) is 2.42. The van der Waals surface area contributed by atoms with Crippen molar-refractivity contribution in [1.82, 2.24) is 5.01 Å². The van der Waals surface area contributed by atoms with Crippen molar-refractivity contribution in [2.75, 3.05) is 13.1 Å². The largest absolute Gasteiger partial charge is 0.269 e. The molecule has 0 amide bonds. The molecule has 0 aromatic carbocycles. The standard InChI is InChI=1S/C9H22N2/c1-5-6-7-11(10)8-9(2,3)4/h5-8,10H2,1-4H3. The van der Waals surface area contributed by atoms with E-state index in [0.717, 1.165) is 13.1 Å². The van der Waals surface area contributed by atoms with Crippen LogP contribution in [0.3, 0.4) is 0 Å². The third kappa shape index (κ3) is 7.82. The molecule has 0 atom stereocenters. The SMILES string of the molecule is CCCCN(N)CC(C)(C)C. The quantitative estimate of drug-likeness (QED) is 0.501. The molecule has 0 aromatic heterocycles. The fourth-order valence-electron chi connectivity index (χ4n) is 1.05. The van der Waals surface area contributed by atoms with Gasteiger partial charge in [0.25, 0.3) is 0 Å². The Kier molecular flexibility index (Phi) is 4.69. The maximum atomic E-state index is 5.78. The van der Waals surface area contributed by atoms with Crippen molar-refractivity contribution < 1.29 is 0 Å². The topological polar surface area (TPSA) is 29.3 Å². The molecule has 11 heavy (non-hydrogen) atoms. The molecule has 2 nitrogen and oxygen atoms in total. The maximum Gasteiger partial charge on any atom is 0.0177 e. The van der Waals surface area contributed by atoms with E-state index in [4.69, 9.17) is 5.84 Å². The Bertz CT molecular complexity index is 94.2. The number of unbranched alkanes of at least 4 members (excludes halogenated alkanes) is 1. The number of hydrogen-bond donors (Lipinski definition) is 1. The molecule has 0 aromatic rings. The molecule has 0 spiro atoms. The maximum absolute atomic E-state index is 5.78. The van der Waals surface area contributed by atoms with E-state index in [1.165, 1.54) is 12.8 Å². The smallest absolute Gasteiger partial charge is 0.0177 e. The van der Waals surface area contributed by atoms with Crippen molar-refractivity contribution in [3.63, 3.8) is 0 Å². The normalized spacial score (nSPS) is 12.5. The summed E-state index contributed by atoms with van der Waals surface area (Å²) in [6, 6.07) is 0. The minimum Gasteiger partial charge on any atom is -0.269 e. The zero-order valence-electron chi connectivity index (χ0n) is 8.35. The fourth-order valence-corrected chi connectivity index (χ4v) is 1.05. The van der Waals surface area contributed by atoms with E-state index in [2.05, 4.69) is 27.7 Å². The Morgan fingerprint density at radius 3 is 2.18 bits per heavy atom. The van der Waals surface area contributed by atoms with Crippen LogP contribution < -0.4 is 5.84 Å². The van der Waals surface area contributed by atoms with Gasteiger partial charge in [0, 0.05) is 13.1 Å². The molecule has 68 valence electrons. The molecule has 2 heteroatoms. The Labute approximate surface area is 70.7 Å². The lowest BCUT2D eigenvalue weighted by atomic mass is 9.97. The lowest BCUT2D eigenvalue weighted by Gasteiger charge is -2.25. The first-order valence-electron chi connectivity index (χ1n) is 4.45. The Morgan fingerprint density at radius 1 is 1.27 bits per heavy atom. The summed E-state index contributed by atoms with van der Waals surface area (Å²) in [7, 11) is 0. The van der Waals surface area contributed by atoms with Crippen molar-refractivity contribution in [2.24, 2.45) is 11.3 Å². The second-order valence-corrected chi connectivity index (χ2v) is 4.38. The summed E-state index contributed by atoms with van der Waals surface area (Å²) in [4.78, 5) is 0. The van der Waals surface area contributed by atoms with Crippen molar-refractivity contribution in [3.8, 4) is 0 Å². The van der Waals surface area contributed by atoms with E-state index in [9.17, 15) is 0 Å². The summed E-state index contributed by atoms with van der Waals surface area (Å²) in [5.74, 6) is 5.78. The molecule has 0 unspecified atom stereocenters. The van der Waals surface area contributed by atoms with Gasteiger partial charge in [0.2, 0.25) is 0 Å². The molecule has 0 aliphatic rings. The van der Waals surface area contributed by atoms with Gasteiger partial charge in [-0.1, -0.05) is 34.1 Å². The highest BCUT2D eigenvalue weighted by atomic mass is 15.4. The number of nitrogens with two attached hydrogens (primary N) is 1. The van der Waals surface area contributed by atoms with Gasteiger partial charge in [0.1, 0.15) is 0 Å². The van der Waals surface area contributed by atoms with Gasteiger partial charge >= 0.3 is 0 Å². The van der Waals surface area contributed by atoms with E-state index in [0.29, 0.717) is 5.41 Å². The predicted molar refractivity (Wildman–Crippen MR) is 50.1 cm³/mol. The Morgan fingerprint density at radius 2 is 1.82 bits per heavy atom. The summed E-state index contributed by atoms with van der Waals surface area (Å²) in [6.45, 7) is 10.8. The zero-order chi connectivity index (χ0) is 8.91. The average molecular weight is 158 g/mol. The fraction of sp³-hybridized carbons (Fsp3) is 1.00. The first kappa shape index (κ1) is 10.9. The Balaban J connectivity index is 3.44. The molecule has 2 N–H and O–H groups in total. The molecule has 0 bridgehead atoms. The first-order valence-corrected chi connectivity index (χ1v) is 4.45. The van der Waals surface area contributed by atoms with Crippen molar-refractivity contribution in [3.05, 3.63) is 0 Å². The summed E-state index contributed by atoms with van der Waals surface area (Å²) >= 11 is 0. The number of hydrogen-bond acceptors (Lipinski definition) is 2. The molecule has 0 saturated carbocycles. The van der Waals surface area contributed by atoms with Crippen LogP contribution in [0.15, 0.2) is 0 Å². The molecule has 0 saturated heterocycles. The molecule has 0 rings (SSSR count). The van der Waals surface area contributed by atoms with E-state index >= 15 is 0 Å². The van der Waals surface area contributed by atoms with Crippen molar-refractivity contribution in [2.45, 2.75) is 40.5 Å². The molecular weight excluding hydrogens is 136 g/mol. The van der Waals surface area contributed by atoms with Crippen LogP contribution in [0.25, 0.3) is 0 Å². The predicted octanol–water partition coefficient (Wildman–Crippen LogP) is 2.01. The summed E-state index contributed by atoms with van der Waals surface area (Å²) in [5.41, 5.74) is 0.322. The van der Waals surface area contributed by atoms with Gasteiger partial charge in [-0.3, -0.25) is 5.84 Å². The molecule has 0 fully saturated rings. The van der Waals surface area contributed by atoms with E-state index in [1.807, 2.05) is 5.01 Å². The second-order valence-electron chi connectivity index (χ2n) is 4.38. The van der Waals surface area contributed by atoms with Crippen LogP contribution in [0.2, 0.25) is 0 Å².